The van der Waals surface area contributed by atoms with Crippen molar-refractivity contribution in [2.24, 2.45) is 0 Å². The van der Waals surface area contributed by atoms with Crippen molar-refractivity contribution in [1.29, 1.82) is 0 Å². The molecule has 3 rings (SSSR count). The highest BCUT2D eigenvalue weighted by Crippen LogP contribution is 2.34. The quantitative estimate of drug-likeness (QED) is 0.668. The number of carbonyl (C=O) groups is 1. The minimum atomic E-state index is -0.135. The zero-order chi connectivity index (χ0) is 16.8. The number of ether oxygens (including phenoxy) is 1. The molecule has 1 aromatic carbocycles. The monoisotopic (exact) mass is 343 g/mol. The first-order chi connectivity index (χ1) is 11.7. The Morgan fingerprint density at radius 2 is 1.88 bits per heavy atom. The lowest BCUT2D eigenvalue weighted by Crippen LogP contribution is -2.44. The summed E-state index contributed by atoms with van der Waals surface area (Å²) in [5.74, 6) is -0.135. The van der Waals surface area contributed by atoms with Crippen molar-refractivity contribution < 1.29 is 9.53 Å². The van der Waals surface area contributed by atoms with Crippen LogP contribution in [0.25, 0.3) is 0 Å². The molecule has 126 valence electrons. The van der Waals surface area contributed by atoms with Gasteiger partial charge in [0.2, 0.25) is 0 Å². The fourth-order valence-electron chi connectivity index (χ4n) is 3.01. The maximum atomic E-state index is 12.4. The summed E-state index contributed by atoms with van der Waals surface area (Å²) >= 11 is 1.45. The molecule has 1 N–H and O–H groups in total. The molecule has 0 spiro atoms. The SMILES string of the molecule is CSc1ncc(C(=O)NCC2(c3ccccc3)CCOCC2)cn1. The first kappa shape index (κ1) is 16.9. The second-order valence-corrected chi connectivity index (χ2v) is 6.67. The molecular formula is C18H21N3O2S. The van der Waals surface area contributed by atoms with Gasteiger partial charge in [-0.1, -0.05) is 42.1 Å². The fourth-order valence-corrected chi connectivity index (χ4v) is 3.33. The van der Waals surface area contributed by atoms with Crippen LogP contribution in [0, 0.1) is 0 Å². The van der Waals surface area contributed by atoms with Gasteiger partial charge in [0, 0.05) is 37.6 Å². The molecule has 1 aliphatic heterocycles. The van der Waals surface area contributed by atoms with Crippen LogP contribution in [0.5, 0.6) is 0 Å². The Morgan fingerprint density at radius 1 is 1.21 bits per heavy atom. The molecule has 1 saturated heterocycles. The van der Waals surface area contributed by atoms with E-state index < -0.39 is 0 Å². The van der Waals surface area contributed by atoms with Crippen LogP contribution in [0.1, 0.15) is 28.8 Å². The molecule has 6 heteroatoms. The molecule has 24 heavy (non-hydrogen) atoms. The summed E-state index contributed by atoms with van der Waals surface area (Å²) in [7, 11) is 0. The van der Waals surface area contributed by atoms with Gasteiger partial charge in [-0.15, -0.1) is 0 Å². The van der Waals surface area contributed by atoms with Crippen molar-refractivity contribution in [3.63, 3.8) is 0 Å². The summed E-state index contributed by atoms with van der Waals surface area (Å²) in [6, 6.07) is 10.4. The third-order valence-electron chi connectivity index (χ3n) is 4.50. The summed E-state index contributed by atoms with van der Waals surface area (Å²) < 4.78 is 5.53. The van der Waals surface area contributed by atoms with Crippen molar-refractivity contribution >= 4 is 17.7 Å². The molecule has 5 nitrogen and oxygen atoms in total. The molecule has 0 atom stereocenters. The van der Waals surface area contributed by atoms with Crippen molar-refractivity contribution in [3.05, 3.63) is 53.9 Å². The van der Waals surface area contributed by atoms with E-state index in [-0.39, 0.29) is 11.3 Å². The number of amides is 1. The third-order valence-corrected chi connectivity index (χ3v) is 5.07. The van der Waals surface area contributed by atoms with E-state index in [9.17, 15) is 4.79 Å². The average Bonchev–Trinajstić information content (AvgIpc) is 2.67. The predicted octanol–water partition coefficient (Wildman–Crippen LogP) is 2.68. The van der Waals surface area contributed by atoms with Crippen molar-refractivity contribution in [1.82, 2.24) is 15.3 Å². The summed E-state index contributed by atoms with van der Waals surface area (Å²) in [4.78, 5) is 20.8. The van der Waals surface area contributed by atoms with Crippen molar-refractivity contribution in [2.75, 3.05) is 26.0 Å². The number of hydrogen-bond donors (Lipinski definition) is 1. The fraction of sp³-hybridized carbons (Fsp3) is 0.389. The molecular weight excluding hydrogens is 322 g/mol. The minimum absolute atomic E-state index is 0.0742. The largest absolute Gasteiger partial charge is 0.381 e. The van der Waals surface area contributed by atoms with Crippen LogP contribution in [-0.4, -0.2) is 41.9 Å². The molecule has 0 saturated carbocycles. The number of benzene rings is 1. The number of nitrogens with zero attached hydrogens (tertiary/aromatic N) is 2. The van der Waals surface area contributed by atoms with E-state index in [0.717, 1.165) is 26.1 Å². The second-order valence-electron chi connectivity index (χ2n) is 5.90. The lowest BCUT2D eigenvalue weighted by atomic mass is 9.74. The number of carbonyl (C=O) groups excluding carboxylic acids is 1. The van der Waals surface area contributed by atoms with Gasteiger partial charge in [0.05, 0.1) is 5.56 Å². The Labute approximate surface area is 146 Å². The topological polar surface area (TPSA) is 64.1 Å². The van der Waals surface area contributed by atoms with Gasteiger partial charge >= 0.3 is 0 Å². The standard InChI is InChI=1S/C18H21N3O2S/c1-24-17-19-11-14(12-20-17)16(22)21-13-18(7-9-23-10-8-18)15-5-3-2-4-6-15/h2-6,11-12H,7-10,13H2,1H3,(H,21,22). The van der Waals surface area contributed by atoms with Gasteiger partial charge in [0.1, 0.15) is 0 Å². The van der Waals surface area contributed by atoms with Crippen LogP contribution in [0.4, 0.5) is 0 Å². The number of thioether (sulfide) groups is 1. The lowest BCUT2D eigenvalue weighted by molar-refractivity contribution is 0.0487. The van der Waals surface area contributed by atoms with Crippen LogP contribution in [-0.2, 0) is 10.2 Å². The van der Waals surface area contributed by atoms with E-state index in [1.165, 1.54) is 17.3 Å². The highest BCUT2D eigenvalue weighted by atomic mass is 32.2. The highest BCUT2D eigenvalue weighted by Gasteiger charge is 2.34. The van der Waals surface area contributed by atoms with Gasteiger partial charge in [0.15, 0.2) is 5.16 Å². The normalized spacial score (nSPS) is 16.5. The average molecular weight is 343 g/mol. The Balaban J connectivity index is 1.72. The molecule has 1 aliphatic rings. The van der Waals surface area contributed by atoms with E-state index in [1.807, 2.05) is 24.5 Å². The van der Waals surface area contributed by atoms with E-state index in [4.69, 9.17) is 4.74 Å². The van der Waals surface area contributed by atoms with Gasteiger partial charge < -0.3 is 10.1 Å². The van der Waals surface area contributed by atoms with Crippen LogP contribution < -0.4 is 5.32 Å². The maximum Gasteiger partial charge on any atom is 0.254 e. The van der Waals surface area contributed by atoms with Gasteiger partial charge in [-0.2, -0.15) is 0 Å². The van der Waals surface area contributed by atoms with Crippen LogP contribution in [0.15, 0.2) is 47.9 Å². The molecule has 2 aromatic rings. The highest BCUT2D eigenvalue weighted by molar-refractivity contribution is 7.98. The van der Waals surface area contributed by atoms with Crippen LogP contribution in [0.3, 0.4) is 0 Å². The molecule has 1 fully saturated rings. The van der Waals surface area contributed by atoms with E-state index in [0.29, 0.717) is 17.3 Å². The summed E-state index contributed by atoms with van der Waals surface area (Å²) in [5.41, 5.74) is 1.67. The van der Waals surface area contributed by atoms with E-state index >= 15 is 0 Å². The molecule has 0 bridgehead atoms. The molecule has 2 heterocycles. The zero-order valence-corrected chi connectivity index (χ0v) is 14.5. The summed E-state index contributed by atoms with van der Waals surface area (Å²) in [5, 5.41) is 3.73. The Morgan fingerprint density at radius 3 is 2.50 bits per heavy atom. The number of hydrogen-bond acceptors (Lipinski definition) is 5. The Bertz CT molecular complexity index is 670. The summed E-state index contributed by atoms with van der Waals surface area (Å²) in [6.45, 7) is 2.02. The predicted molar refractivity (Wildman–Crippen MR) is 94.3 cm³/mol. The van der Waals surface area contributed by atoms with E-state index in [2.05, 4.69) is 27.4 Å². The van der Waals surface area contributed by atoms with E-state index in [1.54, 1.807) is 12.4 Å². The zero-order valence-electron chi connectivity index (χ0n) is 13.7. The Hall–Kier alpha value is -1.92. The van der Waals surface area contributed by atoms with Gasteiger partial charge in [-0.25, -0.2) is 9.97 Å². The molecule has 0 aliphatic carbocycles. The maximum absolute atomic E-state index is 12.4. The van der Waals surface area contributed by atoms with Gasteiger partial charge in [0.25, 0.3) is 5.91 Å². The first-order valence-corrected chi connectivity index (χ1v) is 9.23. The summed E-state index contributed by atoms with van der Waals surface area (Å²) in [6.07, 6.45) is 6.86. The third kappa shape index (κ3) is 3.76. The number of nitrogens with one attached hydrogen (secondary N) is 1. The second kappa shape index (κ2) is 7.77. The van der Waals surface area contributed by atoms with Crippen molar-refractivity contribution in [2.45, 2.75) is 23.4 Å². The number of aromatic nitrogens is 2. The van der Waals surface area contributed by atoms with Crippen LogP contribution >= 0.6 is 11.8 Å². The molecule has 0 unspecified atom stereocenters. The van der Waals surface area contributed by atoms with Gasteiger partial charge in [-0.05, 0) is 24.7 Å². The molecule has 1 amide bonds. The lowest BCUT2D eigenvalue weighted by Gasteiger charge is -2.38. The van der Waals surface area contributed by atoms with Gasteiger partial charge in [-0.3, -0.25) is 4.79 Å². The molecule has 0 radical (unpaired) electrons. The molecule has 1 aromatic heterocycles. The minimum Gasteiger partial charge on any atom is -0.381 e. The Kier molecular flexibility index (Phi) is 5.48. The van der Waals surface area contributed by atoms with Crippen molar-refractivity contribution in [3.8, 4) is 0 Å². The number of rotatable bonds is 5. The smallest absolute Gasteiger partial charge is 0.254 e. The first-order valence-electron chi connectivity index (χ1n) is 8.01. The van der Waals surface area contributed by atoms with Crippen LogP contribution in [0.2, 0.25) is 0 Å².